The van der Waals surface area contributed by atoms with Gasteiger partial charge < -0.3 is 9.30 Å². The Morgan fingerprint density at radius 2 is 2.43 bits per heavy atom. The van der Waals surface area contributed by atoms with Crippen LogP contribution in [0.15, 0.2) is 23.1 Å². The van der Waals surface area contributed by atoms with Crippen LogP contribution in [0, 0.1) is 12.3 Å². The van der Waals surface area contributed by atoms with Gasteiger partial charge in [-0.1, -0.05) is 5.92 Å². The van der Waals surface area contributed by atoms with Gasteiger partial charge in [-0.15, -0.1) is 6.42 Å². The van der Waals surface area contributed by atoms with Gasteiger partial charge in [-0.3, -0.25) is 4.79 Å². The van der Waals surface area contributed by atoms with Crippen LogP contribution in [0.4, 0.5) is 0 Å². The molecule has 0 bridgehead atoms. The molecule has 0 N–H and O–H groups in total. The number of methoxy groups -OCH3 is 1. The summed E-state index contributed by atoms with van der Waals surface area (Å²) >= 11 is 0. The molecule has 14 heavy (non-hydrogen) atoms. The van der Waals surface area contributed by atoms with E-state index in [1.807, 2.05) is 0 Å². The van der Waals surface area contributed by atoms with Crippen molar-refractivity contribution in [2.75, 3.05) is 7.11 Å². The van der Waals surface area contributed by atoms with Crippen molar-refractivity contribution in [3.8, 4) is 12.3 Å². The number of terminal acetylenes is 1. The van der Waals surface area contributed by atoms with E-state index in [0.717, 1.165) is 0 Å². The zero-order valence-corrected chi connectivity index (χ0v) is 7.69. The number of rotatable bonds is 2. The molecule has 0 atom stereocenters. The predicted molar refractivity (Wildman–Crippen MR) is 50.9 cm³/mol. The molecular weight excluding hydrogens is 182 g/mol. The van der Waals surface area contributed by atoms with Crippen molar-refractivity contribution >= 4 is 5.97 Å². The first-order valence-electron chi connectivity index (χ1n) is 3.91. The molecule has 1 rings (SSSR count). The first kappa shape index (κ1) is 10.1. The minimum atomic E-state index is -0.532. The molecule has 0 aliphatic carbocycles. The Bertz CT molecular complexity index is 439. The maximum Gasteiger partial charge on any atom is 0.338 e. The molecule has 0 fully saturated rings. The average molecular weight is 191 g/mol. The van der Waals surface area contributed by atoms with E-state index < -0.39 is 5.97 Å². The third-order valence-corrected chi connectivity index (χ3v) is 1.68. The Labute approximate surface area is 81.1 Å². The van der Waals surface area contributed by atoms with Crippen molar-refractivity contribution in [3.05, 3.63) is 34.2 Å². The number of aromatic nitrogens is 1. The SMILES string of the molecule is C#CCn1ccc(C(=O)OC)cc1=O. The number of esters is 1. The van der Waals surface area contributed by atoms with Crippen LogP contribution in [0.5, 0.6) is 0 Å². The quantitative estimate of drug-likeness (QED) is 0.498. The van der Waals surface area contributed by atoms with Crippen molar-refractivity contribution < 1.29 is 9.53 Å². The van der Waals surface area contributed by atoms with Gasteiger partial charge in [-0.05, 0) is 6.07 Å². The van der Waals surface area contributed by atoms with E-state index in [1.165, 1.54) is 30.0 Å². The molecule has 0 amide bonds. The van der Waals surface area contributed by atoms with Crippen LogP contribution in [-0.4, -0.2) is 17.6 Å². The summed E-state index contributed by atoms with van der Waals surface area (Å²) in [4.78, 5) is 22.3. The van der Waals surface area contributed by atoms with Gasteiger partial charge in [0.1, 0.15) is 0 Å². The number of pyridine rings is 1. The molecular formula is C10H9NO3. The highest BCUT2D eigenvalue weighted by molar-refractivity contribution is 5.88. The minimum Gasteiger partial charge on any atom is -0.465 e. The summed E-state index contributed by atoms with van der Waals surface area (Å²) in [5.74, 6) is 1.80. The van der Waals surface area contributed by atoms with Crippen LogP contribution in [0.25, 0.3) is 0 Å². The molecule has 1 heterocycles. The Morgan fingerprint density at radius 1 is 1.71 bits per heavy atom. The lowest BCUT2D eigenvalue weighted by atomic mass is 10.3. The molecule has 1 aromatic heterocycles. The molecule has 72 valence electrons. The second-order valence-electron chi connectivity index (χ2n) is 2.58. The van der Waals surface area contributed by atoms with E-state index in [1.54, 1.807) is 0 Å². The molecule has 0 aliphatic rings. The number of hydrogen-bond acceptors (Lipinski definition) is 3. The van der Waals surface area contributed by atoms with Crippen LogP contribution in [-0.2, 0) is 11.3 Å². The van der Waals surface area contributed by atoms with Crippen molar-refractivity contribution in [1.82, 2.24) is 4.57 Å². The first-order chi connectivity index (χ1) is 6.69. The Balaban J connectivity index is 3.08. The van der Waals surface area contributed by atoms with Crippen LogP contribution in [0.2, 0.25) is 0 Å². The summed E-state index contributed by atoms with van der Waals surface area (Å²) in [6, 6.07) is 2.69. The van der Waals surface area contributed by atoms with Gasteiger partial charge in [0.05, 0.1) is 19.2 Å². The smallest absolute Gasteiger partial charge is 0.338 e. The fraction of sp³-hybridized carbons (Fsp3) is 0.200. The number of nitrogens with zero attached hydrogens (tertiary/aromatic N) is 1. The standard InChI is InChI=1S/C10H9NO3/c1-3-5-11-6-4-8(7-9(11)12)10(13)14-2/h1,4,6-7H,5H2,2H3. The Morgan fingerprint density at radius 3 is 2.93 bits per heavy atom. The van der Waals surface area contributed by atoms with Crippen LogP contribution >= 0.6 is 0 Å². The van der Waals surface area contributed by atoms with Crippen LogP contribution < -0.4 is 5.56 Å². The summed E-state index contributed by atoms with van der Waals surface area (Å²) in [6.45, 7) is 0.195. The summed E-state index contributed by atoms with van der Waals surface area (Å²) in [7, 11) is 1.26. The number of ether oxygens (including phenoxy) is 1. The number of carbonyl (C=O) groups excluding carboxylic acids is 1. The highest BCUT2D eigenvalue weighted by Crippen LogP contribution is 1.96. The Kier molecular flexibility index (Phi) is 3.08. The van der Waals surface area contributed by atoms with Crippen molar-refractivity contribution in [2.45, 2.75) is 6.54 Å². The number of carbonyl (C=O) groups is 1. The zero-order chi connectivity index (χ0) is 10.6. The van der Waals surface area contributed by atoms with Gasteiger partial charge in [0.15, 0.2) is 0 Å². The lowest BCUT2D eigenvalue weighted by Gasteiger charge is -2.01. The monoisotopic (exact) mass is 191 g/mol. The van der Waals surface area contributed by atoms with E-state index in [9.17, 15) is 9.59 Å². The third-order valence-electron chi connectivity index (χ3n) is 1.68. The van der Waals surface area contributed by atoms with E-state index in [2.05, 4.69) is 10.7 Å². The van der Waals surface area contributed by atoms with E-state index >= 15 is 0 Å². The second kappa shape index (κ2) is 4.28. The first-order valence-corrected chi connectivity index (χ1v) is 3.91. The van der Waals surface area contributed by atoms with Gasteiger partial charge in [0.25, 0.3) is 5.56 Å². The molecule has 0 saturated heterocycles. The Hall–Kier alpha value is -2.02. The van der Waals surface area contributed by atoms with Gasteiger partial charge >= 0.3 is 5.97 Å². The molecule has 4 nitrogen and oxygen atoms in total. The molecule has 0 spiro atoms. The van der Waals surface area contributed by atoms with Gasteiger partial charge in [-0.2, -0.15) is 0 Å². The van der Waals surface area contributed by atoms with E-state index in [0.29, 0.717) is 0 Å². The van der Waals surface area contributed by atoms with Crippen LogP contribution in [0.3, 0.4) is 0 Å². The lowest BCUT2D eigenvalue weighted by molar-refractivity contribution is 0.0600. The highest BCUT2D eigenvalue weighted by Gasteiger charge is 2.06. The summed E-state index contributed by atoms with van der Waals surface area (Å²) in [5.41, 5.74) is -0.0865. The topological polar surface area (TPSA) is 48.3 Å². The number of hydrogen-bond donors (Lipinski definition) is 0. The molecule has 1 aromatic rings. The maximum atomic E-state index is 11.3. The lowest BCUT2D eigenvalue weighted by Crippen LogP contribution is -2.20. The summed E-state index contributed by atoms with van der Waals surface area (Å²) < 4.78 is 5.79. The molecule has 0 aromatic carbocycles. The fourth-order valence-corrected chi connectivity index (χ4v) is 0.982. The second-order valence-corrected chi connectivity index (χ2v) is 2.58. The summed E-state index contributed by atoms with van der Waals surface area (Å²) in [5, 5.41) is 0. The van der Waals surface area contributed by atoms with Crippen molar-refractivity contribution in [2.24, 2.45) is 0 Å². The molecule has 0 unspecified atom stereocenters. The average Bonchev–Trinajstić information content (AvgIpc) is 2.20. The summed E-state index contributed by atoms with van der Waals surface area (Å²) in [6.07, 6.45) is 6.52. The van der Waals surface area contributed by atoms with Gasteiger partial charge in [0, 0.05) is 12.3 Å². The van der Waals surface area contributed by atoms with E-state index in [-0.39, 0.29) is 17.7 Å². The largest absolute Gasteiger partial charge is 0.465 e. The zero-order valence-electron chi connectivity index (χ0n) is 7.69. The van der Waals surface area contributed by atoms with Crippen molar-refractivity contribution in [3.63, 3.8) is 0 Å². The highest BCUT2D eigenvalue weighted by atomic mass is 16.5. The molecule has 0 aliphatic heterocycles. The normalized spacial score (nSPS) is 9.14. The fourth-order valence-electron chi connectivity index (χ4n) is 0.982. The predicted octanol–water partition coefficient (Wildman–Crippen LogP) is 0.268. The van der Waals surface area contributed by atoms with Crippen molar-refractivity contribution in [1.29, 1.82) is 0 Å². The molecule has 0 radical (unpaired) electrons. The maximum absolute atomic E-state index is 11.3. The van der Waals surface area contributed by atoms with Gasteiger partial charge in [0.2, 0.25) is 0 Å². The van der Waals surface area contributed by atoms with Gasteiger partial charge in [-0.25, -0.2) is 4.79 Å². The minimum absolute atomic E-state index is 0.195. The van der Waals surface area contributed by atoms with Crippen LogP contribution in [0.1, 0.15) is 10.4 Å². The third kappa shape index (κ3) is 2.02. The van der Waals surface area contributed by atoms with E-state index in [4.69, 9.17) is 6.42 Å². The molecule has 4 heteroatoms. The molecule has 0 saturated carbocycles.